The number of alkyl halides is 3. The van der Waals surface area contributed by atoms with Crippen molar-refractivity contribution in [3.8, 4) is 6.01 Å². The maximum Gasteiger partial charge on any atom is 0.406 e. The van der Waals surface area contributed by atoms with Crippen LogP contribution >= 0.6 is 0 Å². The third-order valence-electron chi connectivity index (χ3n) is 1.65. The number of hydrogen-bond acceptors (Lipinski definition) is 4. The van der Waals surface area contributed by atoms with Crippen molar-refractivity contribution in [3.63, 3.8) is 0 Å². The highest BCUT2D eigenvalue weighted by Gasteiger charge is 2.31. The number of hydrogen-bond donors (Lipinski definition) is 1. The van der Waals surface area contributed by atoms with E-state index in [0.717, 1.165) is 4.57 Å². The molecule has 0 unspecified atom stereocenters. The van der Waals surface area contributed by atoms with E-state index in [9.17, 15) is 13.2 Å². The fourth-order valence-corrected chi connectivity index (χ4v) is 1.11. The highest BCUT2D eigenvalue weighted by atomic mass is 19.4. The van der Waals surface area contributed by atoms with Crippen LogP contribution in [0.15, 0.2) is 0 Å². The van der Waals surface area contributed by atoms with Crippen LogP contribution in [0.25, 0.3) is 0 Å². The number of nitrogens with zero attached hydrogens (tertiary/aromatic N) is 3. The second kappa shape index (κ2) is 4.69. The maximum absolute atomic E-state index is 12.3. The Hall–Kier alpha value is -1.31. The number of halogens is 3. The summed E-state index contributed by atoms with van der Waals surface area (Å²) >= 11 is 0. The van der Waals surface area contributed by atoms with Gasteiger partial charge in [0.15, 0.2) is 0 Å². The van der Waals surface area contributed by atoms with E-state index >= 15 is 0 Å². The predicted molar refractivity (Wildman–Crippen MR) is 49.7 cm³/mol. The summed E-state index contributed by atoms with van der Waals surface area (Å²) in [5, 5.41) is 7.06. The number of ether oxygens (including phenoxy) is 1. The molecule has 0 aliphatic heterocycles. The van der Waals surface area contributed by atoms with E-state index in [1.165, 1.54) is 0 Å². The molecule has 16 heavy (non-hydrogen) atoms. The first-order chi connectivity index (χ1) is 7.33. The Balaban J connectivity index is 2.96. The summed E-state index contributed by atoms with van der Waals surface area (Å²) in [5.41, 5.74) is 5.27. The molecule has 92 valence electrons. The van der Waals surface area contributed by atoms with Crippen molar-refractivity contribution in [2.24, 2.45) is 5.73 Å². The normalized spacial score (nSPS) is 12.2. The lowest BCUT2D eigenvalue weighted by Crippen LogP contribution is -2.22. The Morgan fingerprint density at radius 3 is 2.44 bits per heavy atom. The standard InChI is InChI=1S/C8H13F3N4O/c1-5(2)16-7-14-13-6(3-12)15(7)4-8(9,10)11/h5H,3-4,12H2,1-2H3. The Morgan fingerprint density at radius 2 is 2.00 bits per heavy atom. The average Bonchev–Trinajstić information content (AvgIpc) is 2.45. The SMILES string of the molecule is CC(C)Oc1nnc(CN)n1CC(F)(F)F. The number of aromatic nitrogens is 3. The summed E-state index contributed by atoms with van der Waals surface area (Å²) in [4.78, 5) is 0. The lowest BCUT2D eigenvalue weighted by atomic mass is 10.5. The smallest absolute Gasteiger partial charge is 0.406 e. The summed E-state index contributed by atoms with van der Waals surface area (Å²) in [6.07, 6.45) is -4.64. The van der Waals surface area contributed by atoms with Crippen LogP contribution in [0.1, 0.15) is 19.7 Å². The lowest BCUT2D eigenvalue weighted by Gasteiger charge is -2.13. The first-order valence-electron chi connectivity index (χ1n) is 4.69. The van der Waals surface area contributed by atoms with Crippen LogP contribution in [0.2, 0.25) is 0 Å². The quantitative estimate of drug-likeness (QED) is 0.852. The van der Waals surface area contributed by atoms with Gasteiger partial charge in [-0.3, -0.25) is 4.57 Å². The second-order valence-electron chi connectivity index (χ2n) is 3.47. The van der Waals surface area contributed by atoms with Gasteiger partial charge in [0.25, 0.3) is 0 Å². The molecule has 1 aromatic heterocycles. The zero-order chi connectivity index (χ0) is 12.3. The van der Waals surface area contributed by atoms with Gasteiger partial charge in [-0.15, -0.1) is 5.10 Å². The summed E-state index contributed by atoms with van der Waals surface area (Å²) in [7, 11) is 0. The Labute approximate surface area is 90.4 Å². The zero-order valence-corrected chi connectivity index (χ0v) is 8.95. The summed E-state index contributed by atoms with van der Waals surface area (Å²) in [6, 6.07) is -0.159. The van der Waals surface area contributed by atoms with E-state index < -0.39 is 12.7 Å². The fourth-order valence-electron chi connectivity index (χ4n) is 1.11. The average molecular weight is 238 g/mol. The molecule has 5 nitrogen and oxygen atoms in total. The van der Waals surface area contributed by atoms with E-state index in [1.54, 1.807) is 13.8 Å². The van der Waals surface area contributed by atoms with Crippen LogP contribution in [-0.2, 0) is 13.1 Å². The van der Waals surface area contributed by atoms with Crippen molar-refractivity contribution in [1.82, 2.24) is 14.8 Å². The van der Waals surface area contributed by atoms with Gasteiger partial charge in [-0.2, -0.15) is 13.2 Å². The molecule has 1 heterocycles. The molecule has 0 aliphatic rings. The molecule has 0 atom stereocenters. The molecular formula is C8H13F3N4O. The fraction of sp³-hybridized carbons (Fsp3) is 0.750. The highest BCUT2D eigenvalue weighted by Crippen LogP contribution is 2.22. The molecule has 0 amide bonds. The van der Waals surface area contributed by atoms with Crippen molar-refractivity contribution in [2.75, 3.05) is 0 Å². The molecule has 1 aromatic rings. The van der Waals surface area contributed by atoms with Crippen LogP contribution in [0.5, 0.6) is 6.01 Å². The molecule has 0 radical (unpaired) electrons. The van der Waals surface area contributed by atoms with Crippen molar-refractivity contribution in [3.05, 3.63) is 5.82 Å². The Morgan fingerprint density at radius 1 is 1.38 bits per heavy atom. The number of rotatable bonds is 4. The summed E-state index contributed by atoms with van der Waals surface area (Å²) in [5.74, 6) is 0.0491. The van der Waals surface area contributed by atoms with Gasteiger partial charge < -0.3 is 10.5 Å². The first kappa shape index (κ1) is 12.8. The summed E-state index contributed by atoms with van der Waals surface area (Å²) in [6.45, 7) is 2.06. The molecule has 0 aliphatic carbocycles. The topological polar surface area (TPSA) is 66.0 Å². The molecular weight excluding hydrogens is 225 g/mol. The van der Waals surface area contributed by atoms with E-state index in [4.69, 9.17) is 10.5 Å². The third-order valence-corrected chi connectivity index (χ3v) is 1.65. The molecule has 2 N–H and O–H groups in total. The molecule has 1 rings (SSSR count). The van der Waals surface area contributed by atoms with E-state index in [-0.39, 0.29) is 24.5 Å². The van der Waals surface area contributed by atoms with E-state index in [2.05, 4.69) is 10.2 Å². The van der Waals surface area contributed by atoms with E-state index in [1.807, 2.05) is 0 Å². The Kier molecular flexibility index (Phi) is 3.74. The molecule has 0 aromatic carbocycles. The van der Waals surface area contributed by atoms with Gasteiger partial charge in [0.1, 0.15) is 12.4 Å². The van der Waals surface area contributed by atoms with Crippen molar-refractivity contribution in [2.45, 2.75) is 39.2 Å². The molecule has 8 heteroatoms. The van der Waals surface area contributed by atoms with Crippen LogP contribution < -0.4 is 10.5 Å². The molecule has 0 bridgehead atoms. The third kappa shape index (κ3) is 3.37. The predicted octanol–water partition coefficient (Wildman–Crippen LogP) is 1.09. The minimum atomic E-state index is -4.36. The first-order valence-corrected chi connectivity index (χ1v) is 4.69. The number of nitrogens with two attached hydrogens (primary N) is 1. The minimum absolute atomic E-state index is 0.0491. The second-order valence-corrected chi connectivity index (χ2v) is 3.47. The zero-order valence-electron chi connectivity index (χ0n) is 8.95. The van der Waals surface area contributed by atoms with Gasteiger partial charge >= 0.3 is 12.2 Å². The minimum Gasteiger partial charge on any atom is -0.461 e. The van der Waals surface area contributed by atoms with Gasteiger partial charge in [-0.25, -0.2) is 0 Å². The van der Waals surface area contributed by atoms with Gasteiger partial charge in [0.2, 0.25) is 0 Å². The van der Waals surface area contributed by atoms with Crippen LogP contribution in [0, 0.1) is 0 Å². The van der Waals surface area contributed by atoms with Gasteiger partial charge in [-0.05, 0) is 13.8 Å². The van der Waals surface area contributed by atoms with Crippen molar-refractivity contribution < 1.29 is 17.9 Å². The monoisotopic (exact) mass is 238 g/mol. The Bertz CT molecular complexity index is 348. The van der Waals surface area contributed by atoms with Crippen molar-refractivity contribution >= 4 is 0 Å². The van der Waals surface area contributed by atoms with Crippen LogP contribution in [0.3, 0.4) is 0 Å². The lowest BCUT2D eigenvalue weighted by molar-refractivity contribution is -0.142. The highest BCUT2D eigenvalue weighted by molar-refractivity contribution is 5.01. The van der Waals surface area contributed by atoms with Gasteiger partial charge in [0, 0.05) is 0 Å². The molecule has 0 fully saturated rings. The summed E-state index contributed by atoms with van der Waals surface area (Å²) < 4.78 is 42.8. The van der Waals surface area contributed by atoms with E-state index in [0.29, 0.717) is 0 Å². The molecule has 0 spiro atoms. The maximum atomic E-state index is 12.3. The van der Waals surface area contributed by atoms with Crippen LogP contribution in [0.4, 0.5) is 13.2 Å². The molecule has 0 saturated carbocycles. The van der Waals surface area contributed by atoms with Gasteiger partial charge in [0.05, 0.1) is 12.6 Å². The largest absolute Gasteiger partial charge is 0.461 e. The van der Waals surface area contributed by atoms with Crippen molar-refractivity contribution in [1.29, 1.82) is 0 Å². The van der Waals surface area contributed by atoms with Crippen LogP contribution in [-0.4, -0.2) is 27.0 Å². The molecule has 0 saturated heterocycles. The van der Waals surface area contributed by atoms with Gasteiger partial charge in [-0.1, -0.05) is 5.10 Å².